The molecule has 10 heteroatoms. The molecule has 0 bridgehead atoms. The number of hydrogen-bond donors (Lipinski definition) is 1. The smallest absolute Gasteiger partial charge is 0.408 e. The van der Waals surface area contributed by atoms with Crippen molar-refractivity contribution in [3.05, 3.63) is 29.8 Å². The van der Waals surface area contributed by atoms with Crippen molar-refractivity contribution >= 4 is 22.2 Å². The third-order valence-corrected chi connectivity index (χ3v) is 3.65. The Kier molecular flexibility index (Phi) is 8.70. The molecule has 0 fully saturated rings. The summed E-state index contributed by atoms with van der Waals surface area (Å²) in [5.74, 6) is -0.0746. The van der Waals surface area contributed by atoms with Crippen LogP contribution in [0.1, 0.15) is 39.3 Å². The molecule has 0 aromatic heterocycles. The van der Waals surface area contributed by atoms with Crippen molar-refractivity contribution < 1.29 is 36.4 Å². The summed E-state index contributed by atoms with van der Waals surface area (Å²) >= 11 is 0. The van der Waals surface area contributed by atoms with Gasteiger partial charge in [-0.05, 0) is 45.4 Å². The predicted octanol–water partition coefficient (Wildman–Crippen LogP) is 2.17. The zero-order chi connectivity index (χ0) is 21.4. The molecule has 1 aromatic carbocycles. The van der Waals surface area contributed by atoms with E-state index in [1.54, 1.807) is 52.0 Å². The van der Waals surface area contributed by atoms with Gasteiger partial charge in [0.25, 0.3) is 10.1 Å². The fraction of sp³-hybridized carbons (Fsp3) is 0.556. The van der Waals surface area contributed by atoms with Crippen LogP contribution in [0.4, 0.5) is 4.79 Å². The minimum Gasteiger partial charge on any atom is -0.482 e. The summed E-state index contributed by atoms with van der Waals surface area (Å²) in [6.07, 6.45) is 0.210. The summed E-state index contributed by atoms with van der Waals surface area (Å²) in [6, 6.07) is 5.63. The van der Waals surface area contributed by atoms with Gasteiger partial charge in [0.15, 0.2) is 6.61 Å². The molecule has 1 aromatic rings. The summed E-state index contributed by atoms with van der Waals surface area (Å²) in [6.45, 7) is 6.56. The second kappa shape index (κ2) is 10.3. The van der Waals surface area contributed by atoms with Gasteiger partial charge in [0.2, 0.25) is 0 Å². The normalized spacial score (nSPS) is 12.8. The van der Waals surface area contributed by atoms with E-state index in [0.29, 0.717) is 11.3 Å². The van der Waals surface area contributed by atoms with Crippen molar-refractivity contribution in [2.24, 2.45) is 0 Å². The maximum atomic E-state index is 12.1. The Hall–Kier alpha value is -2.33. The Morgan fingerprint density at radius 3 is 2.25 bits per heavy atom. The fourth-order valence-corrected chi connectivity index (χ4v) is 2.39. The van der Waals surface area contributed by atoms with Gasteiger partial charge in [0.05, 0.1) is 25.5 Å². The highest BCUT2D eigenvalue weighted by atomic mass is 32.2. The summed E-state index contributed by atoms with van der Waals surface area (Å²) < 4.78 is 42.7. The molecule has 1 N–H and O–H groups in total. The Labute approximate surface area is 165 Å². The number of benzene rings is 1. The van der Waals surface area contributed by atoms with E-state index in [1.165, 1.54) is 0 Å². The zero-order valence-corrected chi connectivity index (χ0v) is 17.5. The largest absolute Gasteiger partial charge is 0.482 e. The van der Waals surface area contributed by atoms with Gasteiger partial charge in [-0.1, -0.05) is 12.1 Å². The zero-order valence-electron chi connectivity index (χ0n) is 16.7. The first kappa shape index (κ1) is 23.7. The lowest BCUT2D eigenvalue weighted by Gasteiger charge is -2.23. The second-order valence-electron chi connectivity index (χ2n) is 6.85. The van der Waals surface area contributed by atoms with Crippen molar-refractivity contribution in [2.75, 3.05) is 26.1 Å². The van der Waals surface area contributed by atoms with E-state index in [2.05, 4.69) is 5.32 Å². The molecule has 0 radical (unpaired) electrons. The van der Waals surface area contributed by atoms with Gasteiger partial charge in [0.1, 0.15) is 11.4 Å². The maximum Gasteiger partial charge on any atom is 0.408 e. The van der Waals surface area contributed by atoms with Gasteiger partial charge < -0.3 is 19.5 Å². The molecule has 0 aliphatic rings. The van der Waals surface area contributed by atoms with Crippen LogP contribution < -0.4 is 10.1 Å². The number of carbonyl (C=O) groups is 2. The van der Waals surface area contributed by atoms with Gasteiger partial charge in [-0.3, -0.25) is 4.18 Å². The summed E-state index contributed by atoms with van der Waals surface area (Å²) in [5.41, 5.74) is -0.144. The van der Waals surface area contributed by atoms with Gasteiger partial charge in [0, 0.05) is 0 Å². The molecule has 0 aliphatic carbocycles. The van der Waals surface area contributed by atoms with Crippen LogP contribution in [0.15, 0.2) is 24.3 Å². The van der Waals surface area contributed by atoms with E-state index in [1.807, 2.05) is 0 Å². The summed E-state index contributed by atoms with van der Waals surface area (Å²) in [4.78, 5) is 23.4. The first-order chi connectivity index (χ1) is 12.9. The molecule has 0 saturated carbocycles. The summed E-state index contributed by atoms with van der Waals surface area (Å²) in [5, 5.41) is 2.58. The standard InChI is InChI=1S/C18H27NO8S/c1-6-24-16(20)12-25-14-9-7-13(8-10-14)15(11-26-28(5,22)23)19-17(21)27-18(2,3)4/h7-10,15H,6,11-12H2,1-5H3,(H,19,21)/t15-/m0/s1. The van der Waals surface area contributed by atoms with Crippen LogP contribution in [0.3, 0.4) is 0 Å². The molecule has 1 rings (SSSR count). The van der Waals surface area contributed by atoms with E-state index in [4.69, 9.17) is 18.4 Å². The van der Waals surface area contributed by atoms with E-state index in [0.717, 1.165) is 6.26 Å². The van der Waals surface area contributed by atoms with Crippen LogP contribution >= 0.6 is 0 Å². The summed E-state index contributed by atoms with van der Waals surface area (Å²) in [7, 11) is -3.70. The highest BCUT2D eigenvalue weighted by Gasteiger charge is 2.22. The predicted molar refractivity (Wildman–Crippen MR) is 101 cm³/mol. The molecule has 0 unspecified atom stereocenters. The number of amides is 1. The van der Waals surface area contributed by atoms with Gasteiger partial charge in [-0.25, -0.2) is 9.59 Å². The third kappa shape index (κ3) is 10.1. The Morgan fingerprint density at radius 2 is 1.75 bits per heavy atom. The first-order valence-corrected chi connectivity index (χ1v) is 10.4. The number of alkyl carbamates (subject to hydrolysis) is 1. The van der Waals surface area contributed by atoms with Crippen LogP contribution in [0.5, 0.6) is 5.75 Å². The molecule has 158 valence electrons. The number of rotatable bonds is 9. The van der Waals surface area contributed by atoms with Crippen LogP contribution in [0, 0.1) is 0 Å². The lowest BCUT2D eigenvalue weighted by molar-refractivity contribution is -0.145. The molecule has 1 amide bonds. The van der Waals surface area contributed by atoms with Crippen molar-refractivity contribution in [2.45, 2.75) is 39.3 Å². The Morgan fingerprint density at radius 1 is 1.14 bits per heavy atom. The average Bonchev–Trinajstić information content (AvgIpc) is 2.55. The first-order valence-electron chi connectivity index (χ1n) is 8.62. The molecular weight excluding hydrogens is 390 g/mol. The van der Waals surface area contributed by atoms with E-state index in [-0.39, 0.29) is 19.8 Å². The molecular formula is C18H27NO8S. The lowest BCUT2D eigenvalue weighted by Crippen LogP contribution is -2.37. The van der Waals surface area contributed by atoms with Crippen LogP contribution in [0.25, 0.3) is 0 Å². The molecule has 0 heterocycles. The molecule has 0 saturated heterocycles. The average molecular weight is 417 g/mol. The molecule has 0 aliphatic heterocycles. The van der Waals surface area contributed by atoms with Crippen molar-refractivity contribution in [1.82, 2.24) is 5.32 Å². The minimum atomic E-state index is -3.70. The fourth-order valence-electron chi connectivity index (χ4n) is 2.00. The van der Waals surface area contributed by atoms with E-state index < -0.39 is 33.8 Å². The Balaban J connectivity index is 2.84. The molecule has 1 atom stereocenters. The van der Waals surface area contributed by atoms with Crippen molar-refractivity contribution in [1.29, 1.82) is 0 Å². The van der Waals surface area contributed by atoms with Gasteiger partial charge in [-0.2, -0.15) is 8.42 Å². The van der Waals surface area contributed by atoms with Crippen LogP contribution in [-0.2, 0) is 28.6 Å². The van der Waals surface area contributed by atoms with Crippen molar-refractivity contribution in [3.63, 3.8) is 0 Å². The Bertz CT molecular complexity index is 753. The molecule has 0 spiro atoms. The van der Waals surface area contributed by atoms with Crippen molar-refractivity contribution in [3.8, 4) is 5.75 Å². The molecule has 28 heavy (non-hydrogen) atoms. The van der Waals surface area contributed by atoms with Gasteiger partial charge >= 0.3 is 12.1 Å². The topological polar surface area (TPSA) is 117 Å². The third-order valence-electron chi connectivity index (χ3n) is 3.08. The number of ether oxygens (including phenoxy) is 3. The van der Waals surface area contributed by atoms with Crippen LogP contribution in [0.2, 0.25) is 0 Å². The number of esters is 1. The quantitative estimate of drug-likeness (QED) is 0.480. The van der Waals surface area contributed by atoms with Gasteiger partial charge in [-0.15, -0.1) is 0 Å². The lowest BCUT2D eigenvalue weighted by atomic mass is 10.1. The van der Waals surface area contributed by atoms with E-state index in [9.17, 15) is 18.0 Å². The monoisotopic (exact) mass is 417 g/mol. The number of carbonyl (C=O) groups excluding carboxylic acids is 2. The maximum absolute atomic E-state index is 12.1. The highest BCUT2D eigenvalue weighted by Crippen LogP contribution is 2.20. The SMILES string of the molecule is CCOC(=O)COc1ccc([C@H](COS(C)(=O)=O)NC(=O)OC(C)(C)C)cc1. The molecule has 9 nitrogen and oxygen atoms in total. The highest BCUT2D eigenvalue weighted by molar-refractivity contribution is 7.85. The van der Waals surface area contributed by atoms with Crippen LogP contribution in [-0.4, -0.2) is 52.2 Å². The minimum absolute atomic E-state index is 0.232. The van der Waals surface area contributed by atoms with E-state index >= 15 is 0 Å². The second-order valence-corrected chi connectivity index (χ2v) is 8.49. The number of nitrogens with one attached hydrogen (secondary N) is 1. The number of hydrogen-bond acceptors (Lipinski definition) is 8.